The number of hydrogen-bond acceptors (Lipinski definition) is 5. The molecule has 3 aromatic rings. The zero-order valence-electron chi connectivity index (χ0n) is 15.6. The molecule has 0 unspecified atom stereocenters. The van der Waals surface area contributed by atoms with Crippen molar-refractivity contribution >= 4 is 11.5 Å². The SMILES string of the molecule is c1ccc(CN2CCCCC2)c(CNc2nccn3c(C4CC4)nnc23)c1. The van der Waals surface area contributed by atoms with Crippen LogP contribution >= 0.6 is 0 Å². The number of nitrogens with one attached hydrogen (secondary N) is 1. The van der Waals surface area contributed by atoms with E-state index in [2.05, 4.69) is 54.1 Å². The minimum atomic E-state index is 0.570. The van der Waals surface area contributed by atoms with Gasteiger partial charge in [0.05, 0.1) is 0 Å². The van der Waals surface area contributed by atoms with E-state index in [1.807, 2.05) is 12.4 Å². The first-order valence-electron chi connectivity index (χ1n) is 10.1. The van der Waals surface area contributed by atoms with E-state index in [0.29, 0.717) is 5.92 Å². The predicted octanol–water partition coefficient (Wildman–Crippen LogP) is 3.60. The lowest BCUT2D eigenvalue weighted by atomic mass is 10.0. The Bertz CT molecular complexity index is 923. The first kappa shape index (κ1) is 16.7. The number of likely N-dealkylation sites (tertiary alicyclic amines) is 1. The summed E-state index contributed by atoms with van der Waals surface area (Å²) in [5.74, 6) is 2.45. The number of nitrogens with zero attached hydrogens (tertiary/aromatic N) is 5. The highest BCUT2D eigenvalue weighted by molar-refractivity contribution is 5.62. The Morgan fingerprint density at radius 3 is 2.63 bits per heavy atom. The zero-order chi connectivity index (χ0) is 18.1. The van der Waals surface area contributed by atoms with Crippen LogP contribution in [0.1, 0.15) is 55.0 Å². The summed E-state index contributed by atoms with van der Waals surface area (Å²) in [6, 6.07) is 8.73. The van der Waals surface area contributed by atoms with Crippen molar-refractivity contribution < 1.29 is 0 Å². The van der Waals surface area contributed by atoms with Gasteiger partial charge in [0, 0.05) is 31.4 Å². The average Bonchev–Trinajstić information content (AvgIpc) is 3.46. The van der Waals surface area contributed by atoms with Crippen LogP contribution < -0.4 is 5.32 Å². The summed E-state index contributed by atoms with van der Waals surface area (Å²) >= 11 is 0. The quantitative estimate of drug-likeness (QED) is 0.726. The van der Waals surface area contributed by atoms with Crippen LogP contribution in [0.25, 0.3) is 5.65 Å². The Morgan fingerprint density at radius 2 is 1.81 bits per heavy atom. The van der Waals surface area contributed by atoms with Crippen LogP contribution in [0.3, 0.4) is 0 Å². The van der Waals surface area contributed by atoms with Crippen LogP contribution in [0.5, 0.6) is 0 Å². The van der Waals surface area contributed by atoms with Crippen molar-refractivity contribution in [3.05, 3.63) is 53.6 Å². The molecule has 1 N–H and O–H groups in total. The summed E-state index contributed by atoms with van der Waals surface area (Å²) in [6.45, 7) is 4.22. The fourth-order valence-electron chi connectivity index (χ4n) is 4.01. The third kappa shape index (κ3) is 3.54. The van der Waals surface area contributed by atoms with Crippen LogP contribution in [0.2, 0.25) is 0 Å². The molecule has 0 bridgehead atoms. The van der Waals surface area contributed by atoms with Gasteiger partial charge in [-0.05, 0) is 49.9 Å². The molecule has 2 fully saturated rings. The van der Waals surface area contributed by atoms with Gasteiger partial charge in [-0.25, -0.2) is 4.98 Å². The van der Waals surface area contributed by atoms with E-state index < -0.39 is 0 Å². The number of hydrogen-bond donors (Lipinski definition) is 1. The smallest absolute Gasteiger partial charge is 0.203 e. The number of rotatable bonds is 6. The summed E-state index contributed by atoms with van der Waals surface area (Å²) in [6.07, 6.45) is 10.3. The molecule has 6 nitrogen and oxygen atoms in total. The second-order valence-corrected chi connectivity index (χ2v) is 7.76. The molecule has 0 radical (unpaired) electrons. The van der Waals surface area contributed by atoms with E-state index in [-0.39, 0.29) is 0 Å². The van der Waals surface area contributed by atoms with E-state index in [0.717, 1.165) is 30.4 Å². The summed E-state index contributed by atoms with van der Waals surface area (Å²) in [4.78, 5) is 7.09. The lowest BCUT2D eigenvalue weighted by molar-refractivity contribution is 0.220. The molecule has 0 atom stereocenters. The summed E-state index contributed by atoms with van der Waals surface area (Å²) < 4.78 is 2.09. The van der Waals surface area contributed by atoms with E-state index in [9.17, 15) is 0 Å². The maximum atomic E-state index is 4.52. The van der Waals surface area contributed by atoms with Gasteiger partial charge in [-0.15, -0.1) is 10.2 Å². The monoisotopic (exact) mass is 362 g/mol. The molecular weight excluding hydrogens is 336 g/mol. The van der Waals surface area contributed by atoms with E-state index in [4.69, 9.17) is 0 Å². The Labute approximate surface area is 159 Å². The van der Waals surface area contributed by atoms with Gasteiger partial charge in [0.2, 0.25) is 5.65 Å². The van der Waals surface area contributed by atoms with Gasteiger partial charge < -0.3 is 5.32 Å². The second-order valence-electron chi connectivity index (χ2n) is 7.76. The molecule has 2 aliphatic rings. The lowest BCUT2D eigenvalue weighted by Crippen LogP contribution is -2.29. The summed E-state index contributed by atoms with van der Waals surface area (Å²) in [5.41, 5.74) is 3.56. The zero-order valence-corrected chi connectivity index (χ0v) is 15.6. The lowest BCUT2D eigenvalue weighted by Gasteiger charge is -2.27. The number of fused-ring (bicyclic) bond motifs is 1. The molecule has 1 aromatic carbocycles. The fraction of sp³-hybridized carbons (Fsp3) is 0.476. The Morgan fingerprint density at radius 1 is 1.00 bits per heavy atom. The Kier molecular flexibility index (Phi) is 4.49. The Hall–Kier alpha value is -2.47. The minimum absolute atomic E-state index is 0.570. The van der Waals surface area contributed by atoms with Gasteiger partial charge >= 0.3 is 0 Å². The first-order chi connectivity index (χ1) is 13.4. The first-order valence-corrected chi connectivity index (χ1v) is 10.1. The third-order valence-corrected chi connectivity index (χ3v) is 5.70. The van der Waals surface area contributed by atoms with Crippen LogP contribution in [0.15, 0.2) is 36.7 Å². The van der Waals surface area contributed by atoms with Gasteiger partial charge in [0.15, 0.2) is 5.82 Å². The van der Waals surface area contributed by atoms with Crippen LogP contribution in [-0.4, -0.2) is 37.6 Å². The molecule has 5 rings (SSSR count). The van der Waals surface area contributed by atoms with Gasteiger partial charge in [0.1, 0.15) is 5.82 Å². The molecule has 0 amide bonds. The maximum Gasteiger partial charge on any atom is 0.203 e. The molecule has 0 spiro atoms. The van der Waals surface area contributed by atoms with Crippen molar-refractivity contribution in [1.82, 2.24) is 24.5 Å². The van der Waals surface area contributed by atoms with Crippen LogP contribution in [0, 0.1) is 0 Å². The van der Waals surface area contributed by atoms with Gasteiger partial charge in [-0.1, -0.05) is 30.7 Å². The largest absolute Gasteiger partial charge is 0.363 e. The van der Waals surface area contributed by atoms with Crippen molar-refractivity contribution in [2.45, 2.75) is 51.1 Å². The average molecular weight is 362 g/mol. The molecule has 2 aromatic heterocycles. The van der Waals surface area contributed by atoms with E-state index >= 15 is 0 Å². The maximum absolute atomic E-state index is 4.52. The van der Waals surface area contributed by atoms with E-state index in [1.165, 1.54) is 56.3 Å². The number of piperidine rings is 1. The van der Waals surface area contributed by atoms with Crippen molar-refractivity contribution in [2.24, 2.45) is 0 Å². The second kappa shape index (κ2) is 7.27. The molecule has 1 saturated carbocycles. The molecule has 27 heavy (non-hydrogen) atoms. The van der Waals surface area contributed by atoms with Gasteiger partial charge in [0.25, 0.3) is 0 Å². The molecule has 140 valence electrons. The van der Waals surface area contributed by atoms with Crippen molar-refractivity contribution in [1.29, 1.82) is 0 Å². The topological polar surface area (TPSA) is 58.4 Å². The third-order valence-electron chi connectivity index (χ3n) is 5.70. The molecule has 3 heterocycles. The van der Waals surface area contributed by atoms with Crippen molar-refractivity contribution in [2.75, 3.05) is 18.4 Å². The fourth-order valence-corrected chi connectivity index (χ4v) is 4.01. The Balaban J connectivity index is 1.33. The number of benzene rings is 1. The highest BCUT2D eigenvalue weighted by Gasteiger charge is 2.29. The predicted molar refractivity (Wildman–Crippen MR) is 106 cm³/mol. The summed E-state index contributed by atoms with van der Waals surface area (Å²) in [5, 5.41) is 12.3. The molecular formula is C21H26N6. The summed E-state index contributed by atoms with van der Waals surface area (Å²) in [7, 11) is 0. The highest BCUT2D eigenvalue weighted by Crippen LogP contribution is 2.39. The molecule has 1 aliphatic heterocycles. The number of aromatic nitrogens is 4. The number of anilines is 1. The van der Waals surface area contributed by atoms with Crippen LogP contribution in [0.4, 0.5) is 5.82 Å². The van der Waals surface area contributed by atoms with E-state index in [1.54, 1.807) is 0 Å². The molecule has 1 saturated heterocycles. The standard InChI is InChI=1S/C21H26N6/c1-4-11-26(12-5-1)15-18-7-3-2-6-17(18)14-23-19-21-25-24-20(16-8-9-16)27(21)13-10-22-19/h2-3,6-7,10,13,16H,1,4-5,8-9,11-12,14-15H2,(H,22,23). The molecule has 6 heteroatoms. The van der Waals surface area contributed by atoms with Crippen molar-refractivity contribution in [3.8, 4) is 0 Å². The van der Waals surface area contributed by atoms with Crippen LogP contribution in [-0.2, 0) is 13.1 Å². The molecule has 1 aliphatic carbocycles. The normalized spacial score (nSPS) is 18.1. The van der Waals surface area contributed by atoms with Gasteiger partial charge in [-0.2, -0.15) is 0 Å². The minimum Gasteiger partial charge on any atom is -0.363 e. The van der Waals surface area contributed by atoms with Gasteiger partial charge in [-0.3, -0.25) is 9.30 Å². The highest BCUT2D eigenvalue weighted by atomic mass is 15.3. The van der Waals surface area contributed by atoms with Crippen molar-refractivity contribution in [3.63, 3.8) is 0 Å².